The molecule has 0 aromatic heterocycles. The maximum absolute atomic E-state index is 12.7. The zero-order valence-electron chi connectivity index (χ0n) is 18.6. The second-order valence-electron chi connectivity index (χ2n) is 7.83. The Hall–Kier alpha value is -3.55. The largest absolute Gasteiger partial charge is 0.466 e. The van der Waals surface area contributed by atoms with Crippen molar-refractivity contribution in [1.29, 1.82) is 0 Å². The average Bonchev–Trinajstić information content (AvgIpc) is 2.70. The number of rotatable bonds is 5. The quantitative estimate of drug-likeness (QED) is 0.420. The number of fused-ring (bicyclic) bond motifs is 1. The van der Waals surface area contributed by atoms with E-state index >= 15 is 0 Å². The fourth-order valence-corrected chi connectivity index (χ4v) is 3.01. The highest BCUT2D eigenvalue weighted by Gasteiger charge is 2.29. The van der Waals surface area contributed by atoms with E-state index in [4.69, 9.17) is 14.2 Å². The number of hydrogen-bond acceptors (Lipinski definition) is 6. The van der Waals surface area contributed by atoms with E-state index in [2.05, 4.69) is 10.6 Å². The van der Waals surface area contributed by atoms with Gasteiger partial charge < -0.3 is 19.5 Å². The normalized spacial score (nSPS) is 13.0. The van der Waals surface area contributed by atoms with E-state index in [1.54, 1.807) is 26.8 Å². The Morgan fingerprint density at radius 1 is 0.903 bits per heavy atom. The van der Waals surface area contributed by atoms with Crippen molar-refractivity contribution in [2.45, 2.75) is 39.3 Å². The lowest BCUT2D eigenvalue weighted by Gasteiger charge is -2.24. The van der Waals surface area contributed by atoms with Crippen LogP contribution in [0.25, 0.3) is 10.8 Å². The van der Waals surface area contributed by atoms with E-state index in [9.17, 15) is 14.4 Å². The molecule has 0 spiro atoms. The number of benzene rings is 2. The van der Waals surface area contributed by atoms with E-state index < -0.39 is 29.8 Å². The molecule has 0 unspecified atom stereocenters. The van der Waals surface area contributed by atoms with Crippen LogP contribution >= 0.6 is 0 Å². The van der Waals surface area contributed by atoms with Crippen LogP contribution in [0.15, 0.2) is 53.7 Å². The number of alkyl carbamates (subject to hydrolysis) is 2. The van der Waals surface area contributed by atoms with Crippen molar-refractivity contribution >= 4 is 28.9 Å². The van der Waals surface area contributed by atoms with Gasteiger partial charge in [0.15, 0.2) is 0 Å². The summed E-state index contributed by atoms with van der Waals surface area (Å²) in [5.41, 5.74) is 0.0946. The molecule has 2 rings (SSSR count). The summed E-state index contributed by atoms with van der Waals surface area (Å²) in [6, 6.07) is 12.2. The van der Waals surface area contributed by atoms with Gasteiger partial charge in [-0.25, -0.2) is 14.4 Å². The monoisotopic (exact) mass is 428 g/mol. The molecule has 0 radical (unpaired) electrons. The Balaban J connectivity index is 2.56. The van der Waals surface area contributed by atoms with Gasteiger partial charge in [0.2, 0.25) is 0 Å². The number of nitrogens with one attached hydrogen (secondary N) is 2. The predicted molar refractivity (Wildman–Crippen MR) is 116 cm³/mol. The molecule has 166 valence electrons. The molecule has 1 atom stereocenters. The number of hydrogen-bond donors (Lipinski definition) is 2. The van der Waals surface area contributed by atoms with Crippen LogP contribution in [0, 0.1) is 0 Å². The Kier molecular flexibility index (Phi) is 7.63. The lowest BCUT2D eigenvalue weighted by molar-refractivity contribution is -0.136. The minimum Gasteiger partial charge on any atom is -0.466 e. The maximum atomic E-state index is 12.7. The molecule has 0 aliphatic heterocycles. The summed E-state index contributed by atoms with van der Waals surface area (Å²) in [6.45, 7) is 6.71. The predicted octanol–water partition coefficient (Wildman–Crippen LogP) is 4.21. The molecule has 0 fully saturated rings. The minimum atomic E-state index is -0.945. The van der Waals surface area contributed by atoms with Gasteiger partial charge in [-0.3, -0.25) is 5.32 Å². The summed E-state index contributed by atoms with van der Waals surface area (Å²) in [6.07, 6.45) is -1.48. The first-order valence-corrected chi connectivity index (χ1v) is 9.68. The first kappa shape index (κ1) is 23.7. The van der Waals surface area contributed by atoms with Crippen LogP contribution in [0.1, 0.15) is 39.3 Å². The summed E-state index contributed by atoms with van der Waals surface area (Å²) in [4.78, 5) is 37.1. The lowest BCUT2D eigenvalue weighted by Crippen LogP contribution is -2.36. The van der Waals surface area contributed by atoms with Crippen molar-refractivity contribution < 1.29 is 28.6 Å². The molecule has 2 N–H and O–H groups in total. The van der Waals surface area contributed by atoms with Crippen molar-refractivity contribution in [3.05, 3.63) is 59.3 Å². The van der Waals surface area contributed by atoms with Crippen LogP contribution < -0.4 is 10.6 Å². The van der Waals surface area contributed by atoms with E-state index in [-0.39, 0.29) is 11.3 Å². The average molecular weight is 428 g/mol. The molecule has 2 amide bonds. The second kappa shape index (κ2) is 9.97. The first-order chi connectivity index (χ1) is 14.6. The summed E-state index contributed by atoms with van der Waals surface area (Å²) in [5.74, 6) is -0.719. The minimum absolute atomic E-state index is 0.0361. The van der Waals surface area contributed by atoms with Gasteiger partial charge in [0.1, 0.15) is 5.60 Å². The molecular formula is C23H28N2O6. The van der Waals surface area contributed by atoms with Gasteiger partial charge in [0.25, 0.3) is 0 Å². The van der Waals surface area contributed by atoms with E-state index in [1.807, 2.05) is 36.4 Å². The highest BCUT2D eigenvalue weighted by Crippen LogP contribution is 2.28. The van der Waals surface area contributed by atoms with Gasteiger partial charge in [-0.2, -0.15) is 0 Å². The molecule has 0 saturated heterocycles. The van der Waals surface area contributed by atoms with Gasteiger partial charge in [0, 0.05) is 5.70 Å². The summed E-state index contributed by atoms with van der Waals surface area (Å²) in [5, 5.41) is 7.12. The van der Waals surface area contributed by atoms with Crippen LogP contribution in [-0.2, 0) is 19.0 Å². The molecule has 8 heteroatoms. The molecule has 0 heterocycles. The Morgan fingerprint density at radius 3 is 2.13 bits per heavy atom. The van der Waals surface area contributed by atoms with Gasteiger partial charge >= 0.3 is 18.2 Å². The van der Waals surface area contributed by atoms with Crippen LogP contribution in [0.3, 0.4) is 0 Å². The Labute approximate surface area is 181 Å². The highest BCUT2D eigenvalue weighted by molar-refractivity contribution is 5.93. The van der Waals surface area contributed by atoms with Crippen LogP contribution in [0.4, 0.5) is 9.59 Å². The molecule has 8 nitrogen and oxygen atoms in total. The summed E-state index contributed by atoms with van der Waals surface area (Å²) < 4.78 is 15.0. The Bertz CT molecular complexity index is 1010. The van der Waals surface area contributed by atoms with Gasteiger partial charge in [-0.05, 0) is 50.1 Å². The van der Waals surface area contributed by atoms with Gasteiger partial charge in [-0.15, -0.1) is 0 Å². The number of ether oxygens (including phenoxy) is 3. The Morgan fingerprint density at radius 2 is 1.55 bits per heavy atom. The topological polar surface area (TPSA) is 103 Å². The van der Waals surface area contributed by atoms with E-state index in [0.29, 0.717) is 5.56 Å². The van der Waals surface area contributed by atoms with Gasteiger partial charge in [0.05, 0.1) is 25.8 Å². The lowest BCUT2D eigenvalue weighted by atomic mass is 9.95. The van der Waals surface area contributed by atoms with Crippen molar-refractivity contribution in [1.82, 2.24) is 10.6 Å². The van der Waals surface area contributed by atoms with Crippen molar-refractivity contribution in [2.24, 2.45) is 0 Å². The first-order valence-electron chi connectivity index (χ1n) is 9.68. The molecule has 2 aromatic carbocycles. The number of carbonyl (C=O) groups is 3. The van der Waals surface area contributed by atoms with Gasteiger partial charge in [-0.1, -0.05) is 36.4 Å². The van der Waals surface area contributed by atoms with E-state index in [0.717, 1.165) is 10.8 Å². The number of allylic oxidation sites excluding steroid dienone is 1. The van der Waals surface area contributed by atoms with Crippen LogP contribution in [0.5, 0.6) is 0 Å². The summed E-state index contributed by atoms with van der Waals surface area (Å²) in [7, 11) is 2.44. The van der Waals surface area contributed by atoms with Crippen molar-refractivity contribution in [3.8, 4) is 0 Å². The third-order valence-corrected chi connectivity index (χ3v) is 4.34. The molecular weight excluding hydrogens is 400 g/mol. The molecule has 0 bridgehead atoms. The smallest absolute Gasteiger partial charge is 0.411 e. The zero-order chi connectivity index (χ0) is 23.2. The van der Waals surface area contributed by atoms with Crippen LogP contribution in [-0.4, -0.2) is 38.0 Å². The number of esters is 1. The highest BCUT2D eigenvalue weighted by atomic mass is 16.6. The fraction of sp³-hybridized carbons (Fsp3) is 0.348. The van der Waals surface area contributed by atoms with Crippen molar-refractivity contribution in [3.63, 3.8) is 0 Å². The SMILES string of the molecule is COC(=O)N[C@H](/C(C(=O)OC)=C(\C)NC(=O)OC(C)(C)C)c1ccc2ccccc2c1. The van der Waals surface area contributed by atoms with Crippen molar-refractivity contribution in [2.75, 3.05) is 14.2 Å². The molecule has 0 saturated carbocycles. The fourth-order valence-electron chi connectivity index (χ4n) is 3.01. The summed E-state index contributed by atoms with van der Waals surface area (Å²) >= 11 is 0. The number of carbonyl (C=O) groups excluding carboxylic acids is 3. The standard InChI is InChI=1S/C23H28N2O6/c1-14(24-22(28)31-23(2,3)4)18(20(26)29-5)19(25-21(27)30-6)17-12-11-15-9-7-8-10-16(15)13-17/h7-13,19H,1-6H3,(H,24,28)(H,25,27)/b18-14-/t19-/m0/s1. The van der Waals surface area contributed by atoms with E-state index in [1.165, 1.54) is 21.1 Å². The molecule has 0 aliphatic carbocycles. The third kappa shape index (κ3) is 6.47. The maximum Gasteiger partial charge on any atom is 0.411 e. The third-order valence-electron chi connectivity index (χ3n) is 4.34. The number of methoxy groups -OCH3 is 2. The zero-order valence-corrected chi connectivity index (χ0v) is 18.6. The number of amides is 2. The second-order valence-corrected chi connectivity index (χ2v) is 7.83. The molecule has 31 heavy (non-hydrogen) atoms. The van der Waals surface area contributed by atoms with Crippen LogP contribution in [0.2, 0.25) is 0 Å². The molecule has 2 aromatic rings. The molecule has 0 aliphatic rings.